The van der Waals surface area contributed by atoms with Crippen LogP contribution in [0, 0.1) is 6.92 Å². The van der Waals surface area contributed by atoms with Gasteiger partial charge in [-0.1, -0.05) is 6.07 Å². The van der Waals surface area contributed by atoms with Gasteiger partial charge in [-0.25, -0.2) is 4.79 Å². The Labute approximate surface area is 123 Å². The maximum absolute atomic E-state index is 12.2. The van der Waals surface area contributed by atoms with Gasteiger partial charge in [-0.05, 0) is 49.1 Å². The van der Waals surface area contributed by atoms with E-state index in [-0.39, 0.29) is 11.9 Å². The largest absolute Gasteiger partial charge is 0.478 e. The summed E-state index contributed by atoms with van der Waals surface area (Å²) in [5, 5.41) is 11.6. The maximum Gasteiger partial charge on any atom is 0.328 e. The third kappa shape index (κ3) is 4.43. The number of aryl methyl sites for hydroxylation is 1. The van der Waals surface area contributed by atoms with Crippen molar-refractivity contribution in [3.8, 4) is 0 Å². The zero-order valence-electron chi connectivity index (χ0n) is 12.0. The Morgan fingerprint density at radius 1 is 1.43 bits per heavy atom. The molecule has 1 amide bonds. The van der Waals surface area contributed by atoms with Crippen LogP contribution >= 0.6 is 0 Å². The van der Waals surface area contributed by atoms with Crippen molar-refractivity contribution < 1.29 is 19.4 Å². The summed E-state index contributed by atoms with van der Waals surface area (Å²) >= 11 is 0. The average Bonchev–Trinajstić information content (AvgIpc) is 2.47. The molecule has 5 heteroatoms. The molecular weight excluding hydrogens is 270 g/mol. The first kappa shape index (κ1) is 15.3. The molecule has 1 aromatic carbocycles. The van der Waals surface area contributed by atoms with Crippen LogP contribution in [0.3, 0.4) is 0 Å². The highest BCUT2D eigenvalue weighted by molar-refractivity contribution is 5.95. The van der Waals surface area contributed by atoms with Crippen LogP contribution in [0.25, 0.3) is 6.08 Å². The molecule has 0 aliphatic carbocycles. The van der Waals surface area contributed by atoms with Crippen molar-refractivity contribution in [1.29, 1.82) is 0 Å². The molecule has 1 saturated heterocycles. The number of aliphatic carboxylic acids is 1. The Morgan fingerprint density at radius 3 is 2.90 bits per heavy atom. The lowest BCUT2D eigenvalue weighted by atomic mass is 10.0. The Balaban J connectivity index is 2.10. The van der Waals surface area contributed by atoms with E-state index in [1.807, 2.05) is 13.0 Å². The number of hydrogen-bond donors (Lipinski definition) is 2. The van der Waals surface area contributed by atoms with Crippen molar-refractivity contribution in [3.63, 3.8) is 0 Å². The second-order valence-electron chi connectivity index (χ2n) is 5.13. The van der Waals surface area contributed by atoms with E-state index in [0.717, 1.165) is 36.7 Å². The molecule has 1 heterocycles. The highest BCUT2D eigenvalue weighted by atomic mass is 16.5. The van der Waals surface area contributed by atoms with Gasteiger partial charge in [0.25, 0.3) is 5.91 Å². The summed E-state index contributed by atoms with van der Waals surface area (Å²) in [4.78, 5) is 22.8. The van der Waals surface area contributed by atoms with Crippen LogP contribution in [0.1, 0.15) is 34.3 Å². The Kier molecular flexibility index (Phi) is 5.11. The lowest BCUT2D eigenvalue weighted by Gasteiger charge is -2.23. The van der Waals surface area contributed by atoms with Crippen molar-refractivity contribution in [2.45, 2.75) is 25.8 Å². The first-order valence-corrected chi connectivity index (χ1v) is 6.96. The Hall–Kier alpha value is -2.14. The van der Waals surface area contributed by atoms with Crippen molar-refractivity contribution in [2.75, 3.05) is 13.2 Å². The molecule has 1 aliphatic rings. The van der Waals surface area contributed by atoms with Gasteiger partial charge in [-0.2, -0.15) is 0 Å². The van der Waals surface area contributed by atoms with Gasteiger partial charge in [0.15, 0.2) is 0 Å². The number of rotatable bonds is 4. The fourth-order valence-corrected chi connectivity index (χ4v) is 2.25. The minimum Gasteiger partial charge on any atom is -0.478 e. The number of carboxylic acid groups (broad SMARTS) is 1. The SMILES string of the molecule is Cc1ccc(C(=O)NC2CCCOC2)cc1/C=C/C(=O)O. The van der Waals surface area contributed by atoms with E-state index in [1.54, 1.807) is 12.1 Å². The minimum absolute atomic E-state index is 0.0468. The standard InChI is InChI=1S/C16H19NO4/c1-11-4-5-13(9-12(11)6-7-15(18)19)16(20)17-14-3-2-8-21-10-14/h4-7,9,14H,2-3,8,10H2,1H3,(H,17,20)(H,18,19)/b7-6+. The summed E-state index contributed by atoms with van der Waals surface area (Å²) in [6.07, 6.45) is 4.44. The molecule has 21 heavy (non-hydrogen) atoms. The molecule has 1 aromatic rings. The topological polar surface area (TPSA) is 75.6 Å². The summed E-state index contributed by atoms with van der Waals surface area (Å²) in [6.45, 7) is 3.17. The summed E-state index contributed by atoms with van der Waals surface area (Å²) in [7, 11) is 0. The van der Waals surface area contributed by atoms with E-state index in [9.17, 15) is 9.59 Å². The maximum atomic E-state index is 12.2. The van der Waals surface area contributed by atoms with Gasteiger partial charge in [0.2, 0.25) is 0 Å². The highest BCUT2D eigenvalue weighted by Gasteiger charge is 2.17. The molecule has 0 aromatic heterocycles. The van der Waals surface area contributed by atoms with E-state index in [0.29, 0.717) is 12.2 Å². The summed E-state index contributed by atoms with van der Waals surface area (Å²) < 4.78 is 5.34. The van der Waals surface area contributed by atoms with Crippen molar-refractivity contribution in [1.82, 2.24) is 5.32 Å². The van der Waals surface area contributed by atoms with Gasteiger partial charge in [-0.3, -0.25) is 4.79 Å². The van der Waals surface area contributed by atoms with Gasteiger partial charge in [-0.15, -0.1) is 0 Å². The van der Waals surface area contributed by atoms with Crippen LogP contribution in [0.2, 0.25) is 0 Å². The van der Waals surface area contributed by atoms with E-state index in [2.05, 4.69) is 5.32 Å². The van der Waals surface area contributed by atoms with Crippen molar-refractivity contribution in [2.24, 2.45) is 0 Å². The number of carboxylic acids is 1. The molecule has 1 aliphatic heterocycles. The Bertz CT molecular complexity index is 559. The van der Waals surface area contributed by atoms with Crippen LogP contribution in [-0.4, -0.2) is 36.2 Å². The van der Waals surface area contributed by atoms with E-state index < -0.39 is 5.97 Å². The summed E-state index contributed by atoms with van der Waals surface area (Å²) in [6, 6.07) is 5.30. The van der Waals surface area contributed by atoms with Gasteiger partial charge >= 0.3 is 5.97 Å². The van der Waals surface area contributed by atoms with Gasteiger partial charge in [0.05, 0.1) is 12.6 Å². The number of carbonyl (C=O) groups is 2. The molecule has 1 fully saturated rings. The lowest BCUT2D eigenvalue weighted by Crippen LogP contribution is -2.40. The molecule has 0 bridgehead atoms. The molecule has 2 rings (SSSR count). The lowest BCUT2D eigenvalue weighted by molar-refractivity contribution is -0.131. The minimum atomic E-state index is -1.01. The predicted octanol–water partition coefficient (Wildman–Crippen LogP) is 2.00. The number of benzene rings is 1. The van der Waals surface area contributed by atoms with Gasteiger partial charge in [0.1, 0.15) is 0 Å². The first-order valence-electron chi connectivity index (χ1n) is 6.96. The number of carbonyl (C=O) groups excluding carboxylic acids is 1. The summed E-state index contributed by atoms with van der Waals surface area (Å²) in [5.41, 5.74) is 2.17. The smallest absolute Gasteiger partial charge is 0.328 e. The molecule has 0 radical (unpaired) electrons. The van der Waals surface area contributed by atoms with Gasteiger partial charge in [0, 0.05) is 18.2 Å². The second kappa shape index (κ2) is 7.04. The van der Waals surface area contributed by atoms with Crippen LogP contribution in [-0.2, 0) is 9.53 Å². The third-order valence-electron chi connectivity index (χ3n) is 3.44. The highest BCUT2D eigenvalue weighted by Crippen LogP contribution is 2.14. The molecule has 5 nitrogen and oxygen atoms in total. The average molecular weight is 289 g/mol. The van der Waals surface area contributed by atoms with Crippen LogP contribution in [0.5, 0.6) is 0 Å². The molecule has 1 unspecified atom stereocenters. The monoisotopic (exact) mass is 289 g/mol. The van der Waals surface area contributed by atoms with E-state index in [1.165, 1.54) is 6.08 Å². The number of amides is 1. The zero-order chi connectivity index (χ0) is 15.2. The van der Waals surface area contributed by atoms with Crippen LogP contribution in [0.15, 0.2) is 24.3 Å². The number of hydrogen-bond acceptors (Lipinski definition) is 3. The van der Waals surface area contributed by atoms with Gasteiger partial charge < -0.3 is 15.2 Å². The molecule has 2 N–H and O–H groups in total. The van der Waals surface area contributed by atoms with Crippen molar-refractivity contribution >= 4 is 18.0 Å². The fraction of sp³-hybridized carbons (Fsp3) is 0.375. The van der Waals surface area contributed by atoms with E-state index in [4.69, 9.17) is 9.84 Å². The van der Waals surface area contributed by atoms with Crippen LogP contribution in [0.4, 0.5) is 0 Å². The molecule has 112 valence electrons. The van der Waals surface area contributed by atoms with E-state index >= 15 is 0 Å². The third-order valence-corrected chi connectivity index (χ3v) is 3.44. The number of ether oxygens (including phenoxy) is 1. The zero-order valence-corrected chi connectivity index (χ0v) is 12.0. The molecule has 0 saturated carbocycles. The molecule has 1 atom stereocenters. The molecule has 0 spiro atoms. The van der Waals surface area contributed by atoms with Crippen LogP contribution < -0.4 is 5.32 Å². The fourth-order valence-electron chi connectivity index (χ4n) is 2.25. The molecular formula is C16H19NO4. The Morgan fingerprint density at radius 2 is 2.24 bits per heavy atom. The summed E-state index contributed by atoms with van der Waals surface area (Å²) in [5.74, 6) is -1.17. The number of nitrogens with one attached hydrogen (secondary N) is 1. The first-order chi connectivity index (χ1) is 10.1. The van der Waals surface area contributed by atoms with Crippen molar-refractivity contribution in [3.05, 3.63) is 41.0 Å². The normalized spacial score (nSPS) is 18.6. The second-order valence-corrected chi connectivity index (χ2v) is 5.13. The quantitative estimate of drug-likeness (QED) is 0.831. The predicted molar refractivity (Wildman–Crippen MR) is 79.2 cm³/mol.